The van der Waals surface area contributed by atoms with Gasteiger partial charge in [0.05, 0.1) is 24.9 Å². The van der Waals surface area contributed by atoms with Gasteiger partial charge in [0.2, 0.25) is 0 Å². The Hall–Kier alpha value is -2.61. The number of aromatic nitrogens is 2. The predicted octanol–water partition coefficient (Wildman–Crippen LogP) is 5.57. The number of hydrogen-bond acceptors (Lipinski definition) is 6. The highest BCUT2D eigenvalue weighted by Crippen LogP contribution is 2.31. The van der Waals surface area contributed by atoms with Crippen LogP contribution in [0.3, 0.4) is 0 Å². The number of nitrogens with one attached hydrogen (secondary N) is 1. The third-order valence-corrected chi connectivity index (χ3v) is 7.30. The van der Waals surface area contributed by atoms with E-state index in [2.05, 4.69) is 10.3 Å². The normalized spacial score (nSPS) is 14.6. The van der Waals surface area contributed by atoms with Crippen LogP contribution < -0.4 is 20.3 Å². The topological polar surface area (TPSA) is 65.4 Å². The summed E-state index contributed by atoms with van der Waals surface area (Å²) in [5, 5.41) is 3.54. The van der Waals surface area contributed by atoms with Crippen LogP contribution in [0.4, 0.5) is 0 Å². The lowest BCUT2D eigenvalue weighted by Crippen LogP contribution is -2.36. The van der Waals surface area contributed by atoms with Crippen molar-refractivity contribution in [2.45, 2.75) is 38.6 Å². The zero-order valence-electron chi connectivity index (χ0n) is 19.6. The SMILES string of the molecule is C/C=C(\C=C/CCl)c1cc2ncn(-c3ccc(OCCCNC4CCC4)c(OC)c3)c(=O)c2s1. The number of thiophene rings is 1. The van der Waals surface area contributed by atoms with Crippen molar-refractivity contribution in [3.05, 3.63) is 64.1 Å². The van der Waals surface area contributed by atoms with Crippen molar-refractivity contribution in [3.8, 4) is 17.2 Å². The van der Waals surface area contributed by atoms with Crippen LogP contribution in [0.15, 0.2) is 53.6 Å². The van der Waals surface area contributed by atoms with Gasteiger partial charge in [-0.15, -0.1) is 22.9 Å². The number of rotatable bonds is 11. The van der Waals surface area contributed by atoms with Gasteiger partial charge < -0.3 is 14.8 Å². The van der Waals surface area contributed by atoms with Crippen molar-refractivity contribution in [1.82, 2.24) is 14.9 Å². The van der Waals surface area contributed by atoms with E-state index in [1.54, 1.807) is 18.0 Å². The Labute approximate surface area is 208 Å². The van der Waals surface area contributed by atoms with Gasteiger partial charge in [-0.3, -0.25) is 9.36 Å². The maximum absolute atomic E-state index is 13.3. The van der Waals surface area contributed by atoms with Crippen molar-refractivity contribution in [3.63, 3.8) is 0 Å². The molecule has 0 atom stereocenters. The number of benzene rings is 1. The monoisotopic (exact) mass is 499 g/mol. The van der Waals surface area contributed by atoms with E-state index in [1.165, 1.54) is 30.6 Å². The van der Waals surface area contributed by atoms with Crippen LogP contribution in [0.2, 0.25) is 0 Å². The minimum absolute atomic E-state index is 0.115. The highest BCUT2D eigenvalue weighted by Gasteiger charge is 2.16. The van der Waals surface area contributed by atoms with Gasteiger partial charge in [-0.25, -0.2) is 4.98 Å². The fourth-order valence-corrected chi connectivity index (χ4v) is 5.01. The van der Waals surface area contributed by atoms with Crippen LogP contribution in [-0.2, 0) is 0 Å². The van der Waals surface area contributed by atoms with Gasteiger partial charge >= 0.3 is 0 Å². The second-order valence-electron chi connectivity index (χ2n) is 8.16. The number of hydrogen-bond donors (Lipinski definition) is 1. The second-order valence-corrected chi connectivity index (χ2v) is 9.53. The lowest BCUT2D eigenvalue weighted by atomic mass is 9.93. The van der Waals surface area contributed by atoms with Crippen LogP contribution in [-0.4, -0.2) is 41.7 Å². The molecular weight excluding hydrogens is 470 g/mol. The minimum Gasteiger partial charge on any atom is -0.493 e. The lowest BCUT2D eigenvalue weighted by molar-refractivity contribution is 0.275. The number of methoxy groups -OCH3 is 1. The molecule has 1 N–H and O–H groups in total. The average Bonchev–Trinajstić information content (AvgIpc) is 3.26. The first-order valence-corrected chi connectivity index (χ1v) is 12.9. The second kappa shape index (κ2) is 11.7. The molecule has 1 aliphatic carbocycles. The Morgan fingerprint density at radius 3 is 2.88 bits per heavy atom. The fourth-order valence-electron chi connectivity index (χ4n) is 3.83. The van der Waals surface area contributed by atoms with Crippen LogP contribution >= 0.6 is 22.9 Å². The Morgan fingerprint density at radius 2 is 2.18 bits per heavy atom. The molecule has 0 unspecified atom stereocenters. The molecule has 34 heavy (non-hydrogen) atoms. The molecule has 8 heteroatoms. The Bertz CT molecular complexity index is 1240. The number of fused-ring (bicyclic) bond motifs is 1. The van der Waals surface area contributed by atoms with Gasteiger partial charge in [0, 0.05) is 22.9 Å². The predicted molar refractivity (Wildman–Crippen MR) is 141 cm³/mol. The van der Waals surface area contributed by atoms with Crippen LogP contribution in [0.1, 0.15) is 37.5 Å². The van der Waals surface area contributed by atoms with Gasteiger partial charge in [0.15, 0.2) is 11.5 Å². The molecule has 3 aromatic rings. The summed E-state index contributed by atoms with van der Waals surface area (Å²) >= 11 is 7.21. The van der Waals surface area contributed by atoms with E-state index in [4.69, 9.17) is 21.1 Å². The zero-order chi connectivity index (χ0) is 23.9. The molecule has 0 bridgehead atoms. The smallest absolute Gasteiger partial charge is 0.275 e. The molecular formula is C26H30ClN3O3S. The molecule has 1 saturated carbocycles. The molecule has 180 valence electrons. The Balaban J connectivity index is 1.51. The Morgan fingerprint density at radius 1 is 1.32 bits per heavy atom. The highest BCUT2D eigenvalue weighted by molar-refractivity contribution is 7.20. The first-order chi connectivity index (χ1) is 16.6. The van der Waals surface area contributed by atoms with Crippen molar-refractivity contribution in [2.75, 3.05) is 26.1 Å². The van der Waals surface area contributed by atoms with E-state index < -0.39 is 0 Å². The van der Waals surface area contributed by atoms with Crippen molar-refractivity contribution >= 4 is 38.7 Å². The minimum atomic E-state index is -0.115. The number of alkyl halides is 1. The fraction of sp³-hybridized carbons (Fsp3) is 0.385. The molecule has 2 heterocycles. The largest absolute Gasteiger partial charge is 0.493 e. The summed E-state index contributed by atoms with van der Waals surface area (Å²) in [7, 11) is 1.60. The average molecular weight is 500 g/mol. The van der Waals surface area contributed by atoms with Gasteiger partial charge in [-0.05, 0) is 56.5 Å². The molecule has 0 amide bonds. The van der Waals surface area contributed by atoms with E-state index in [0.29, 0.717) is 45.9 Å². The Kier molecular flexibility index (Phi) is 8.43. The highest BCUT2D eigenvalue weighted by atomic mass is 35.5. The number of allylic oxidation sites excluding steroid dienone is 4. The van der Waals surface area contributed by atoms with E-state index in [1.807, 2.05) is 49.4 Å². The number of halogens is 1. The van der Waals surface area contributed by atoms with E-state index in [-0.39, 0.29) is 5.56 Å². The van der Waals surface area contributed by atoms with Gasteiger partial charge in [0.1, 0.15) is 11.0 Å². The molecule has 6 nitrogen and oxygen atoms in total. The van der Waals surface area contributed by atoms with Crippen LogP contribution in [0.25, 0.3) is 21.5 Å². The lowest BCUT2D eigenvalue weighted by Gasteiger charge is -2.26. The number of ether oxygens (including phenoxy) is 2. The molecule has 1 aromatic carbocycles. The van der Waals surface area contributed by atoms with E-state index in [9.17, 15) is 4.79 Å². The summed E-state index contributed by atoms with van der Waals surface area (Å²) in [6.45, 7) is 3.52. The van der Waals surface area contributed by atoms with Crippen LogP contribution in [0.5, 0.6) is 11.5 Å². The van der Waals surface area contributed by atoms with Crippen molar-refractivity contribution in [1.29, 1.82) is 0 Å². The van der Waals surface area contributed by atoms with Crippen molar-refractivity contribution in [2.24, 2.45) is 0 Å². The molecule has 0 spiro atoms. The maximum atomic E-state index is 13.3. The standard InChI is InChI=1S/C26H30ClN3O3S/c1-3-18(7-5-12-27)24-16-21-25(34-24)26(31)30(17-29-21)20-10-11-22(23(15-20)32-2)33-14-6-13-28-19-8-4-9-19/h3,5,7,10-11,15-17,19,28H,4,6,8-9,12-14H2,1-2H3/b7-5-,18-3+. The summed E-state index contributed by atoms with van der Waals surface area (Å²) in [4.78, 5) is 18.8. The maximum Gasteiger partial charge on any atom is 0.275 e. The molecule has 0 radical (unpaired) electrons. The van der Waals surface area contributed by atoms with Crippen molar-refractivity contribution < 1.29 is 9.47 Å². The van der Waals surface area contributed by atoms with Crippen LogP contribution in [0, 0.1) is 0 Å². The summed E-state index contributed by atoms with van der Waals surface area (Å²) < 4.78 is 13.6. The molecule has 2 aromatic heterocycles. The van der Waals surface area contributed by atoms with Gasteiger partial charge in [-0.2, -0.15) is 0 Å². The third kappa shape index (κ3) is 5.54. The molecule has 0 aliphatic heterocycles. The first kappa shape index (κ1) is 24.5. The van der Waals surface area contributed by atoms with E-state index in [0.717, 1.165) is 23.4 Å². The van der Waals surface area contributed by atoms with E-state index >= 15 is 0 Å². The third-order valence-electron chi connectivity index (χ3n) is 5.96. The molecule has 1 fully saturated rings. The quantitative estimate of drug-likeness (QED) is 0.212. The molecule has 0 saturated heterocycles. The van der Waals surface area contributed by atoms with Gasteiger partial charge in [-0.1, -0.05) is 24.6 Å². The number of nitrogens with zero attached hydrogens (tertiary/aromatic N) is 2. The van der Waals surface area contributed by atoms with Gasteiger partial charge in [0.25, 0.3) is 5.56 Å². The molecule has 1 aliphatic rings. The summed E-state index contributed by atoms with van der Waals surface area (Å²) in [6.07, 6.45) is 12.2. The summed E-state index contributed by atoms with van der Waals surface area (Å²) in [5.74, 6) is 1.69. The summed E-state index contributed by atoms with van der Waals surface area (Å²) in [5.41, 5.74) is 2.26. The zero-order valence-corrected chi connectivity index (χ0v) is 21.1. The molecule has 4 rings (SSSR count). The first-order valence-electron chi connectivity index (χ1n) is 11.6. The summed E-state index contributed by atoms with van der Waals surface area (Å²) in [6, 6.07) is 8.14.